The molecule has 9 heteroatoms. The van der Waals surface area contributed by atoms with Crippen molar-refractivity contribution in [2.24, 2.45) is 0 Å². The van der Waals surface area contributed by atoms with E-state index in [-0.39, 0.29) is 0 Å². The van der Waals surface area contributed by atoms with Crippen LogP contribution < -0.4 is 10.6 Å². The molecule has 0 saturated carbocycles. The van der Waals surface area contributed by atoms with Crippen molar-refractivity contribution in [2.45, 2.75) is 0 Å². The van der Waals surface area contributed by atoms with E-state index in [1.807, 2.05) is 35.6 Å². The van der Waals surface area contributed by atoms with Gasteiger partial charge < -0.3 is 15.2 Å². The van der Waals surface area contributed by atoms with E-state index in [0.717, 1.165) is 15.2 Å². The summed E-state index contributed by atoms with van der Waals surface area (Å²) in [5.41, 5.74) is 2.03. The molecule has 0 spiro atoms. The summed E-state index contributed by atoms with van der Waals surface area (Å²) in [6, 6.07) is 13.9. The Hall–Kier alpha value is -2.49. The van der Waals surface area contributed by atoms with E-state index >= 15 is 0 Å². The number of aromatic nitrogens is 1. The highest BCUT2D eigenvalue weighted by molar-refractivity contribution is 7.85. The third-order valence-electron chi connectivity index (χ3n) is 3.11. The summed E-state index contributed by atoms with van der Waals surface area (Å²) < 4.78 is 32.7. The predicted octanol–water partition coefficient (Wildman–Crippen LogP) is 2.59. The first-order chi connectivity index (χ1) is 11.4. The smallest absolute Gasteiger partial charge is 0.320 e. The number of hydrogen-bond acceptors (Lipinski definition) is 6. The molecular formula is C15H12N3O4S2-. The number of benzene rings is 2. The molecule has 0 saturated heterocycles. The third kappa shape index (κ3) is 3.88. The lowest BCUT2D eigenvalue weighted by Crippen LogP contribution is -2.33. The topological polar surface area (TPSA) is 111 Å². The standard InChI is InChI=1S/C15H13N3O4S2/c19-15(16-9-24(20,21)22)18-11-6-2-1-5-10(11)14-17-12-7-3-4-8-13(12)23-14/h1-8H,9H2,(H2,16,18,19)(H,20,21,22)/p-1. The summed E-state index contributed by atoms with van der Waals surface area (Å²) in [7, 11) is -4.52. The molecule has 1 aromatic heterocycles. The first-order valence-corrected chi connectivity index (χ1v) is 9.25. The van der Waals surface area contributed by atoms with E-state index in [0.29, 0.717) is 11.3 Å². The van der Waals surface area contributed by atoms with E-state index < -0.39 is 22.0 Å². The van der Waals surface area contributed by atoms with Crippen molar-refractivity contribution in [3.05, 3.63) is 48.5 Å². The van der Waals surface area contributed by atoms with Crippen LogP contribution in [0.3, 0.4) is 0 Å². The lowest BCUT2D eigenvalue weighted by molar-refractivity contribution is 0.253. The van der Waals surface area contributed by atoms with E-state index in [2.05, 4.69) is 10.3 Å². The van der Waals surface area contributed by atoms with Gasteiger partial charge in [-0.1, -0.05) is 24.3 Å². The highest BCUT2D eigenvalue weighted by Gasteiger charge is 2.12. The summed E-state index contributed by atoms with van der Waals surface area (Å²) in [6.07, 6.45) is 0. The SMILES string of the molecule is O=C(NCS(=O)(=O)[O-])Nc1ccccc1-c1nc2ccccc2s1. The van der Waals surface area contributed by atoms with Crippen LogP contribution in [0.25, 0.3) is 20.8 Å². The van der Waals surface area contributed by atoms with E-state index in [9.17, 15) is 17.8 Å². The summed E-state index contributed by atoms with van der Waals surface area (Å²) in [5.74, 6) is -0.970. The Morgan fingerprint density at radius 3 is 2.58 bits per heavy atom. The maximum Gasteiger partial charge on any atom is 0.320 e. The molecule has 1 heterocycles. The Bertz CT molecular complexity index is 966. The molecule has 0 aliphatic heterocycles. The van der Waals surface area contributed by atoms with Gasteiger partial charge in [0.25, 0.3) is 0 Å². The molecule has 2 amide bonds. The lowest BCUT2D eigenvalue weighted by atomic mass is 10.2. The minimum absolute atomic E-state index is 0.470. The molecule has 0 bridgehead atoms. The second-order valence-electron chi connectivity index (χ2n) is 4.87. The number of hydrogen-bond donors (Lipinski definition) is 2. The molecule has 0 radical (unpaired) electrons. The molecule has 0 unspecified atom stereocenters. The molecule has 2 N–H and O–H groups in total. The van der Waals surface area contributed by atoms with Gasteiger partial charge >= 0.3 is 6.03 Å². The zero-order chi connectivity index (χ0) is 17.2. The quantitative estimate of drug-likeness (QED) is 0.693. The fraction of sp³-hybridized carbons (Fsp3) is 0.0667. The second-order valence-corrected chi connectivity index (χ2v) is 7.30. The van der Waals surface area contributed by atoms with Crippen LogP contribution >= 0.6 is 11.3 Å². The van der Waals surface area contributed by atoms with Crippen molar-refractivity contribution in [2.75, 3.05) is 11.2 Å². The highest BCUT2D eigenvalue weighted by atomic mass is 32.2. The van der Waals surface area contributed by atoms with Gasteiger partial charge in [0.2, 0.25) is 0 Å². The number of nitrogens with one attached hydrogen (secondary N) is 2. The van der Waals surface area contributed by atoms with Gasteiger partial charge in [-0.3, -0.25) is 0 Å². The van der Waals surface area contributed by atoms with E-state index in [1.54, 1.807) is 18.2 Å². The number of fused-ring (bicyclic) bond motifs is 1. The average molecular weight is 362 g/mol. The van der Waals surface area contributed by atoms with Crippen molar-refractivity contribution < 1.29 is 17.8 Å². The van der Waals surface area contributed by atoms with Crippen LogP contribution in [0.15, 0.2) is 48.5 Å². The van der Waals surface area contributed by atoms with E-state index in [1.165, 1.54) is 11.3 Å². The van der Waals surface area contributed by atoms with Gasteiger partial charge in [-0.25, -0.2) is 18.2 Å². The summed E-state index contributed by atoms with van der Waals surface area (Å²) >= 11 is 1.48. The lowest BCUT2D eigenvalue weighted by Gasteiger charge is -2.12. The number of rotatable bonds is 4. The van der Waals surface area contributed by atoms with Crippen molar-refractivity contribution in [3.63, 3.8) is 0 Å². The van der Waals surface area contributed by atoms with Crippen LogP contribution in [0.4, 0.5) is 10.5 Å². The van der Waals surface area contributed by atoms with Crippen molar-refractivity contribution >= 4 is 43.4 Å². The minimum Gasteiger partial charge on any atom is -0.747 e. The molecule has 3 rings (SSSR count). The maximum atomic E-state index is 11.8. The summed E-state index contributed by atoms with van der Waals surface area (Å²) in [6.45, 7) is 0. The first-order valence-electron chi connectivity index (χ1n) is 6.86. The number of anilines is 1. The fourth-order valence-corrected chi connectivity index (χ4v) is 3.40. The Balaban J connectivity index is 1.86. The molecule has 124 valence electrons. The number of urea groups is 1. The molecule has 0 aliphatic carbocycles. The zero-order valence-corrected chi connectivity index (χ0v) is 13.9. The van der Waals surface area contributed by atoms with Crippen LogP contribution in [-0.2, 0) is 10.1 Å². The third-order valence-corrected chi connectivity index (χ3v) is 4.68. The number of nitrogens with zero attached hydrogens (tertiary/aromatic N) is 1. The highest BCUT2D eigenvalue weighted by Crippen LogP contribution is 2.34. The van der Waals surface area contributed by atoms with Gasteiger partial charge in [-0.05, 0) is 24.3 Å². The average Bonchev–Trinajstić information content (AvgIpc) is 2.96. The molecule has 3 aromatic rings. The monoisotopic (exact) mass is 362 g/mol. The molecule has 2 aromatic carbocycles. The van der Waals surface area contributed by atoms with Gasteiger partial charge in [-0.15, -0.1) is 11.3 Å². The number of amides is 2. The predicted molar refractivity (Wildman–Crippen MR) is 91.8 cm³/mol. The van der Waals surface area contributed by atoms with Gasteiger partial charge in [-0.2, -0.15) is 0 Å². The Labute approximate surface area is 142 Å². The second kappa shape index (κ2) is 6.56. The minimum atomic E-state index is -4.52. The van der Waals surface area contributed by atoms with Gasteiger partial charge in [0, 0.05) is 5.56 Å². The fourth-order valence-electron chi connectivity index (χ4n) is 2.09. The Morgan fingerprint density at radius 1 is 1.12 bits per heavy atom. The number of para-hydroxylation sites is 2. The molecule has 0 aliphatic rings. The maximum absolute atomic E-state index is 11.8. The van der Waals surface area contributed by atoms with Crippen LogP contribution in [0.1, 0.15) is 0 Å². The number of carbonyl (C=O) groups excluding carboxylic acids is 1. The molecule has 7 nitrogen and oxygen atoms in total. The van der Waals surface area contributed by atoms with E-state index in [4.69, 9.17) is 0 Å². The summed E-state index contributed by atoms with van der Waals surface area (Å²) in [5, 5.41) is 5.27. The van der Waals surface area contributed by atoms with Crippen LogP contribution in [0, 0.1) is 0 Å². The summed E-state index contributed by atoms with van der Waals surface area (Å²) in [4.78, 5) is 16.3. The van der Waals surface area contributed by atoms with Crippen molar-refractivity contribution in [1.29, 1.82) is 0 Å². The normalized spacial score (nSPS) is 11.4. The van der Waals surface area contributed by atoms with Gasteiger partial charge in [0.1, 0.15) is 21.0 Å². The van der Waals surface area contributed by atoms with Crippen LogP contribution in [0.2, 0.25) is 0 Å². The zero-order valence-electron chi connectivity index (χ0n) is 12.2. The van der Waals surface area contributed by atoms with Crippen molar-refractivity contribution in [1.82, 2.24) is 10.3 Å². The Kier molecular flexibility index (Phi) is 4.47. The molecule has 0 fully saturated rings. The largest absolute Gasteiger partial charge is 0.747 e. The van der Waals surface area contributed by atoms with Gasteiger partial charge in [0.15, 0.2) is 0 Å². The first kappa shape index (κ1) is 16.4. The van der Waals surface area contributed by atoms with Crippen LogP contribution in [0.5, 0.6) is 0 Å². The molecule has 0 atom stereocenters. The van der Waals surface area contributed by atoms with Crippen LogP contribution in [-0.4, -0.2) is 29.9 Å². The number of thiazole rings is 1. The molecular weight excluding hydrogens is 350 g/mol. The molecule has 24 heavy (non-hydrogen) atoms. The van der Waals surface area contributed by atoms with Crippen molar-refractivity contribution in [3.8, 4) is 10.6 Å². The Morgan fingerprint density at radius 2 is 1.83 bits per heavy atom. The van der Waals surface area contributed by atoms with Gasteiger partial charge in [0.05, 0.1) is 15.9 Å². The number of carbonyl (C=O) groups is 1.